The lowest BCUT2D eigenvalue weighted by atomic mass is 10.2. The Kier molecular flexibility index (Phi) is 5.87. The van der Waals surface area contributed by atoms with Crippen LogP contribution in [0.1, 0.15) is 24.6 Å². The molecule has 0 amide bonds. The highest BCUT2D eigenvalue weighted by Crippen LogP contribution is 2.25. The van der Waals surface area contributed by atoms with Gasteiger partial charge in [-0.1, -0.05) is 6.07 Å². The molecule has 5 heteroatoms. The predicted molar refractivity (Wildman–Crippen MR) is 82.6 cm³/mol. The van der Waals surface area contributed by atoms with Gasteiger partial charge in [-0.3, -0.25) is 0 Å². The molecule has 0 aliphatic carbocycles. The summed E-state index contributed by atoms with van der Waals surface area (Å²) in [6.07, 6.45) is 2.70. The van der Waals surface area contributed by atoms with Crippen molar-refractivity contribution < 1.29 is 0 Å². The summed E-state index contributed by atoms with van der Waals surface area (Å²) >= 11 is 3.83. The van der Waals surface area contributed by atoms with Crippen LogP contribution in [0.4, 0.5) is 0 Å². The number of aliphatic imine (C=N–C) groups is 1. The lowest BCUT2D eigenvalue weighted by molar-refractivity contribution is 0.727. The minimum Gasteiger partial charge on any atom is -0.357 e. The first kappa shape index (κ1) is 13.7. The number of rotatable bonds is 5. The van der Waals surface area contributed by atoms with Gasteiger partial charge in [0, 0.05) is 23.2 Å². The summed E-state index contributed by atoms with van der Waals surface area (Å²) in [7, 11) is 0. The van der Waals surface area contributed by atoms with E-state index < -0.39 is 0 Å². The SMILES string of the molecule is CCNC(=NCc1cccs1)NCC1CCCS1. The minimum absolute atomic E-state index is 0.760. The van der Waals surface area contributed by atoms with Gasteiger partial charge in [0.05, 0.1) is 6.54 Å². The predicted octanol–water partition coefficient (Wildman–Crippen LogP) is 2.70. The van der Waals surface area contributed by atoms with E-state index in [0.717, 1.165) is 30.8 Å². The number of guanidine groups is 1. The topological polar surface area (TPSA) is 36.4 Å². The zero-order chi connectivity index (χ0) is 12.6. The number of hydrogen-bond donors (Lipinski definition) is 2. The van der Waals surface area contributed by atoms with Crippen molar-refractivity contribution in [1.82, 2.24) is 10.6 Å². The second-order valence-corrected chi connectivity index (χ2v) is 6.73. The van der Waals surface area contributed by atoms with Gasteiger partial charge in [-0.15, -0.1) is 11.3 Å². The lowest BCUT2D eigenvalue weighted by Gasteiger charge is -2.14. The molecule has 1 fully saturated rings. The van der Waals surface area contributed by atoms with Crippen molar-refractivity contribution in [3.05, 3.63) is 22.4 Å². The van der Waals surface area contributed by atoms with Gasteiger partial charge in [0.15, 0.2) is 5.96 Å². The standard InChI is InChI=1S/C13H21N3S2/c1-2-14-13(15-9-11-5-3-7-17-11)16-10-12-6-4-8-18-12/h3,5,7,12H,2,4,6,8-10H2,1H3,(H2,14,15,16). The van der Waals surface area contributed by atoms with Crippen LogP contribution < -0.4 is 10.6 Å². The lowest BCUT2D eigenvalue weighted by Crippen LogP contribution is -2.40. The molecule has 2 N–H and O–H groups in total. The summed E-state index contributed by atoms with van der Waals surface area (Å²) in [5, 5.41) is 9.61. The number of hydrogen-bond acceptors (Lipinski definition) is 3. The molecule has 100 valence electrons. The molecule has 0 radical (unpaired) electrons. The molecule has 2 rings (SSSR count). The largest absolute Gasteiger partial charge is 0.357 e. The average Bonchev–Trinajstić information content (AvgIpc) is 3.05. The first-order valence-corrected chi connectivity index (χ1v) is 8.47. The molecule has 3 nitrogen and oxygen atoms in total. The number of nitrogens with zero attached hydrogens (tertiary/aromatic N) is 1. The summed E-state index contributed by atoms with van der Waals surface area (Å²) in [5.41, 5.74) is 0. The summed E-state index contributed by atoms with van der Waals surface area (Å²) in [6.45, 7) is 4.81. The maximum Gasteiger partial charge on any atom is 0.191 e. The van der Waals surface area contributed by atoms with E-state index in [1.165, 1.54) is 23.5 Å². The van der Waals surface area contributed by atoms with Crippen LogP contribution in [0, 0.1) is 0 Å². The molecule has 1 atom stereocenters. The van der Waals surface area contributed by atoms with Gasteiger partial charge in [-0.25, -0.2) is 4.99 Å². The zero-order valence-electron chi connectivity index (χ0n) is 10.8. The van der Waals surface area contributed by atoms with Crippen LogP contribution in [0.15, 0.2) is 22.5 Å². The monoisotopic (exact) mass is 283 g/mol. The first-order chi connectivity index (χ1) is 8.88. The van der Waals surface area contributed by atoms with Crippen molar-refractivity contribution in [1.29, 1.82) is 0 Å². The van der Waals surface area contributed by atoms with Gasteiger partial charge in [0.25, 0.3) is 0 Å². The molecule has 1 aromatic heterocycles. The van der Waals surface area contributed by atoms with Crippen LogP contribution in [0.5, 0.6) is 0 Å². The molecule has 1 aliphatic rings. The smallest absolute Gasteiger partial charge is 0.191 e. The van der Waals surface area contributed by atoms with E-state index >= 15 is 0 Å². The van der Waals surface area contributed by atoms with Crippen LogP contribution in [0.25, 0.3) is 0 Å². The molecule has 0 spiro atoms. The number of nitrogens with one attached hydrogen (secondary N) is 2. The van der Waals surface area contributed by atoms with E-state index in [-0.39, 0.29) is 0 Å². The summed E-state index contributed by atoms with van der Waals surface area (Å²) in [6, 6.07) is 4.20. The van der Waals surface area contributed by atoms with E-state index in [1.807, 2.05) is 0 Å². The van der Waals surface area contributed by atoms with Crippen molar-refractivity contribution >= 4 is 29.1 Å². The highest BCUT2D eigenvalue weighted by molar-refractivity contribution is 8.00. The third-order valence-corrected chi connectivity index (χ3v) is 5.10. The van der Waals surface area contributed by atoms with E-state index in [2.05, 4.69) is 51.8 Å². The fraction of sp³-hybridized carbons (Fsp3) is 0.615. The Morgan fingerprint density at radius 1 is 1.50 bits per heavy atom. The van der Waals surface area contributed by atoms with Crippen LogP contribution in [0.3, 0.4) is 0 Å². The van der Waals surface area contributed by atoms with Gasteiger partial charge in [-0.05, 0) is 37.0 Å². The summed E-state index contributed by atoms with van der Waals surface area (Å²) < 4.78 is 0. The highest BCUT2D eigenvalue weighted by atomic mass is 32.2. The molecule has 18 heavy (non-hydrogen) atoms. The van der Waals surface area contributed by atoms with Gasteiger partial charge in [-0.2, -0.15) is 11.8 Å². The molecular formula is C13H21N3S2. The van der Waals surface area contributed by atoms with Crippen LogP contribution in [-0.4, -0.2) is 30.1 Å². The number of thiophene rings is 1. The minimum atomic E-state index is 0.760. The van der Waals surface area contributed by atoms with Crippen molar-refractivity contribution in [3.8, 4) is 0 Å². The summed E-state index contributed by atoms with van der Waals surface area (Å²) in [4.78, 5) is 5.92. The van der Waals surface area contributed by atoms with Gasteiger partial charge < -0.3 is 10.6 Å². The molecule has 1 saturated heterocycles. The maximum absolute atomic E-state index is 4.61. The molecule has 1 unspecified atom stereocenters. The Morgan fingerprint density at radius 3 is 3.11 bits per heavy atom. The molecule has 0 bridgehead atoms. The molecule has 2 heterocycles. The Labute approximate surface area is 117 Å². The van der Waals surface area contributed by atoms with Crippen molar-refractivity contribution in [3.63, 3.8) is 0 Å². The molecule has 0 aromatic carbocycles. The van der Waals surface area contributed by atoms with Gasteiger partial charge in [0.1, 0.15) is 0 Å². The Bertz CT molecular complexity index is 356. The van der Waals surface area contributed by atoms with Crippen molar-refractivity contribution in [2.45, 2.75) is 31.6 Å². The molecule has 1 aliphatic heterocycles. The van der Waals surface area contributed by atoms with Gasteiger partial charge >= 0.3 is 0 Å². The fourth-order valence-corrected chi connectivity index (χ4v) is 3.75. The van der Waals surface area contributed by atoms with E-state index in [9.17, 15) is 0 Å². The molecule has 0 saturated carbocycles. The van der Waals surface area contributed by atoms with E-state index in [4.69, 9.17) is 0 Å². The van der Waals surface area contributed by atoms with Crippen LogP contribution in [-0.2, 0) is 6.54 Å². The van der Waals surface area contributed by atoms with E-state index in [0.29, 0.717) is 0 Å². The Hall–Kier alpha value is -0.680. The first-order valence-electron chi connectivity index (χ1n) is 6.54. The van der Waals surface area contributed by atoms with Crippen LogP contribution in [0.2, 0.25) is 0 Å². The average molecular weight is 283 g/mol. The molecule has 1 aromatic rings. The molecular weight excluding hydrogens is 262 g/mol. The van der Waals surface area contributed by atoms with E-state index in [1.54, 1.807) is 11.3 Å². The van der Waals surface area contributed by atoms with Gasteiger partial charge in [0.2, 0.25) is 0 Å². The fourth-order valence-electron chi connectivity index (χ4n) is 1.92. The number of thioether (sulfide) groups is 1. The van der Waals surface area contributed by atoms with Crippen molar-refractivity contribution in [2.24, 2.45) is 4.99 Å². The Morgan fingerprint density at radius 2 is 2.44 bits per heavy atom. The second kappa shape index (κ2) is 7.69. The highest BCUT2D eigenvalue weighted by Gasteiger charge is 2.15. The summed E-state index contributed by atoms with van der Waals surface area (Å²) in [5.74, 6) is 2.26. The third-order valence-electron chi connectivity index (χ3n) is 2.84. The zero-order valence-corrected chi connectivity index (χ0v) is 12.4. The normalized spacial score (nSPS) is 20.1. The third kappa shape index (κ3) is 4.53. The van der Waals surface area contributed by atoms with Crippen LogP contribution >= 0.6 is 23.1 Å². The maximum atomic E-state index is 4.61. The van der Waals surface area contributed by atoms with Crippen molar-refractivity contribution in [2.75, 3.05) is 18.8 Å². The second-order valence-electron chi connectivity index (χ2n) is 4.29. The quantitative estimate of drug-likeness (QED) is 0.644. The Balaban J connectivity index is 1.80.